The second-order valence-corrected chi connectivity index (χ2v) is 15.4. The van der Waals surface area contributed by atoms with Crippen molar-refractivity contribution >= 4 is 23.9 Å². The van der Waals surface area contributed by atoms with Gasteiger partial charge in [0.25, 0.3) is 0 Å². The average molecular weight is 747 g/mol. The molecule has 0 bridgehead atoms. The molecule has 0 radical (unpaired) electrons. The van der Waals surface area contributed by atoms with Crippen LogP contribution in [0.4, 0.5) is 0 Å². The first-order valence-corrected chi connectivity index (χ1v) is 20.3. The smallest absolute Gasteiger partial charge is 0.113 e. The van der Waals surface area contributed by atoms with Crippen molar-refractivity contribution in [3.05, 3.63) is 214 Å². The molecule has 280 valence electrons. The Morgan fingerprint density at radius 2 is 0.945 bits per heavy atom. The summed E-state index contributed by atoms with van der Waals surface area (Å²) in [4.78, 5) is 0. The highest BCUT2D eigenvalue weighted by Crippen LogP contribution is 2.47. The van der Waals surface area contributed by atoms with Gasteiger partial charge in [0.15, 0.2) is 0 Å². The van der Waals surface area contributed by atoms with Gasteiger partial charge in [-0.2, -0.15) is 0 Å². The van der Waals surface area contributed by atoms with Gasteiger partial charge in [-0.1, -0.05) is 189 Å². The summed E-state index contributed by atoms with van der Waals surface area (Å²) in [6, 6.07) is 59.2. The normalized spacial score (nSPS) is 19.8. The first-order chi connectivity index (χ1) is 27.2. The van der Waals surface area contributed by atoms with Crippen LogP contribution in [-0.2, 0) is 51.8 Å². The van der Waals surface area contributed by atoms with E-state index in [1.807, 2.05) is 36.0 Å². The third-order valence-electron chi connectivity index (χ3n) is 9.98. The lowest BCUT2D eigenvalue weighted by Crippen LogP contribution is -2.54. The molecule has 1 aliphatic heterocycles. The van der Waals surface area contributed by atoms with Gasteiger partial charge in [0.1, 0.15) is 18.3 Å². The summed E-state index contributed by atoms with van der Waals surface area (Å²) in [5.74, 6) is 0. The molecule has 0 aliphatic carbocycles. The second-order valence-electron chi connectivity index (χ2n) is 14.0. The average Bonchev–Trinajstić information content (AvgIpc) is 3.25. The molecule has 1 heterocycles. The fourth-order valence-electron chi connectivity index (χ4n) is 6.95. The first-order valence-electron chi connectivity index (χ1n) is 19.3. The zero-order chi connectivity index (χ0) is 37.5. The SMILES string of the molecule is CCc1ccc(C=Cc2cccc([C@@H]3S[C@H](COCc4ccccc4)[C@@H](OCc4ccccc4)[C@H](OCc4ccccc4)[C@H]3OCc3ccccc3)c2)cc1. The van der Waals surface area contributed by atoms with Crippen molar-refractivity contribution in [3.8, 4) is 0 Å². The molecule has 55 heavy (non-hydrogen) atoms. The van der Waals surface area contributed by atoms with Gasteiger partial charge in [0, 0.05) is 0 Å². The summed E-state index contributed by atoms with van der Waals surface area (Å²) >= 11 is 1.88. The van der Waals surface area contributed by atoms with Crippen LogP contribution < -0.4 is 0 Å². The molecule has 0 unspecified atom stereocenters. The molecule has 0 spiro atoms. The lowest BCUT2D eigenvalue weighted by Gasteiger charge is -2.46. The van der Waals surface area contributed by atoms with Crippen LogP contribution in [0.15, 0.2) is 170 Å². The molecule has 0 N–H and O–H groups in total. The highest BCUT2D eigenvalue weighted by Gasteiger charge is 2.48. The standard InChI is InChI=1S/C50H50O4S/c1-2-38-26-28-39(29-27-38)30-31-40-24-15-25-45(32-40)50-49(54-36-44-22-13-6-14-23-44)48(53-35-43-20-11-5-12-21-43)47(52-34-42-18-9-4-10-19-42)46(55-50)37-51-33-41-16-7-3-8-17-41/h3-32,46-50H,2,33-37H2,1H3/t46-,47-,48+,49-,50+/m1/s1. The van der Waals surface area contributed by atoms with Crippen molar-refractivity contribution in [2.24, 2.45) is 0 Å². The molecule has 5 heteroatoms. The third kappa shape index (κ3) is 11.2. The number of ether oxygens (including phenoxy) is 4. The van der Waals surface area contributed by atoms with E-state index in [0.717, 1.165) is 34.2 Å². The lowest BCUT2D eigenvalue weighted by molar-refractivity contribution is -0.160. The minimum atomic E-state index is -0.388. The number of hydrogen-bond acceptors (Lipinski definition) is 5. The quantitative estimate of drug-likeness (QED) is 0.0869. The van der Waals surface area contributed by atoms with Crippen LogP contribution in [0.25, 0.3) is 12.2 Å². The van der Waals surface area contributed by atoms with Crippen LogP contribution in [0, 0.1) is 0 Å². The Kier molecular flexibility index (Phi) is 14.2. The molecule has 1 fully saturated rings. The molecule has 7 rings (SSSR count). The van der Waals surface area contributed by atoms with E-state index < -0.39 is 0 Å². The Morgan fingerprint density at radius 1 is 0.455 bits per heavy atom. The van der Waals surface area contributed by atoms with Crippen molar-refractivity contribution < 1.29 is 18.9 Å². The van der Waals surface area contributed by atoms with E-state index in [0.29, 0.717) is 33.0 Å². The molecule has 1 aliphatic rings. The van der Waals surface area contributed by atoms with Gasteiger partial charge in [0.05, 0.1) is 43.5 Å². The maximum atomic E-state index is 7.05. The van der Waals surface area contributed by atoms with E-state index in [9.17, 15) is 0 Å². The highest BCUT2D eigenvalue weighted by atomic mass is 32.2. The Labute approximate surface area is 331 Å². The number of thioether (sulfide) groups is 1. The first kappa shape index (κ1) is 38.5. The third-order valence-corrected chi connectivity index (χ3v) is 11.6. The summed E-state index contributed by atoms with van der Waals surface area (Å²) < 4.78 is 27.6. The molecule has 0 amide bonds. The van der Waals surface area contributed by atoms with E-state index in [1.54, 1.807) is 0 Å². The fourth-order valence-corrected chi connectivity index (χ4v) is 8.59. The molecule has 6 aromatic carbocycles. The maximum absolute atomic E-state index is 7.05. The molecule has 6 aromatic rings. The molecular weight excluding hydrogens is 697 g/mol. The van der Waals surface area contributed by atoms with Crippen LogP contribution >= 0.6 is 11.8 Å². The van der Waals surface area contributed by atoms with E-state index in [-0.39, 0.29) is 28.8 Å². The van der Waals surface area contributed by atoms with E-state index in [4.69, 9.17) is 18.9 Å². The summed E-state index contributed by atoms with van der Waals surface area (Å²) in [5, 5.41) is -0.0883. The maximum Gasteiger partial charge on any atom is 0.113 e. The summed E-state index contributed by atoms with van der Waals surface area (Å²) in [6.07, 6.45) is 4.41. The van der Waals surface area contributed by atoms with Gasteiger partial charge in [-0.15, -0.1) is 11.8 Å². The van der Waals surface area contributed by atoms with Crippen LogP contribution in [0.1, 0.15) is 56.7 Å². The van der Waals surface area contributed by atoms with Crippen molar-refractivity contribution in [2.45, 2.75) is 68.6 Å². The van der Waals surface area contributed by atoms with Gasteiger partial charge in [-0.25, -0.2) is 0 Å². The molecule has 1 saturated heterocycles. The molecule has 5 atom stereocenters. The largest absolute Gasteiger partial charge is 0.376 e. The van der Waals surface area contributed by atoms with Crippen molar-refractivity contribution in [1.29, 1.82) is 0 Å². The highest BCUT2D eigenvalue weighted by molar-refractivity contribution is 8.00. The zero-order valence-corrected chi connectivity index (χ0v) is 32.3. The van der Waals surface area contributed by atoms with Crippen LogP contribution in [-0.4, -0.2) is 30.2 Å². The minimum absolute atomic E-state index is 0.0361. The predicted molar refractivity (Wildman–Crippen MR) is 226 cm³/mol. The topological polar surface area (TPSA) is 36.9 Å². The molecular formula is C50H50O4S. The van der Waals surface area contributed by atoms with Crippen molar-refractivity contribution in [1.82, 2.24) is 0 Å². The van der Waals surface area contributed by atoms with Gasteiger partial charge in [0.2, 0.25) is 0 Å². The van der Waals surface area contributed by atoms with Gasteiger partial charge in [-0.3, -0.25) is 0 Å². The number of benzene rings is 6. The molecule has 0 aromatic heterocycles. The van der Waals surface area contributed by atoms with Crippen LogP contribution in [0.5, 0.6) is 0 Å². The second kappa shape index (κ2) is 20.2. The van der Waals surface area contributed by atoms with Crippen LogP contribution in [0.2, 0.25) is 0 Å². The Hall–Kier alpha value is -4.75. The van der Waals surface area contributed by atoms with E-state index in [2.05, 4.69) is 165 Å². The lowest BCUT2D eigenvalue weighted by atomic mass is 9.95. The molecule has 4 nitrogen and oxygen atoms in total. The van der Waals surface area contributed by atoms with Crippen molar-refractivity contribution in [2.75, 3.05) is 6.61 Å². The minimum Gasteiger partial charge on any atom is -0.376 e. The summed E-state index contributed by atoms with van der Waals surface area (Å²) in [7, 11) is 0. The Bertz CT molecular complexity index is 2020. The molecule has 0 saturated carbocycles. The summed E-state index contributed by atoms with van der Waals surface area (Å²) in [6.45, 7) is 4.57. The zero-order valence-electron chi connectivity index (χ0n) is 31.5. The van der Waals surface area contributed by atoms with Crippen molar-refractivity contribution in [3.63, 3.8) is 0 Å². The van der Waals surface area contributed by atoms with E-state index >= 15 is 0 Å². The number of hydrogen-bond donors (Lipinski definition) is 0. The Morgan fingerprint density at radius 3 is 1.49 bits per heavy atom. The monoisotopic (exact) mass is 746 g/mol. The van der Waals surface area contributed by atoms with Gasteiger partial charge in [-0.05, 0) is 50.9 Å². The van der Waals surface area contributed by atoms with Gasteiger partial charge >= 0.3 is 0 Å². The fraction of sp³-hybridized carbons (Fsp3) is 0.240. The number of rotatable bonds is 17. The number of aryl methyl sites for hydroxylation is 1. The summed E-state index contributed by atoms with van der Waals surface area (Å²) in [5.41, 5.74) is 9.34. The Balaban J connectivity index is 1.24. The predicted octanol–water partition coefficient (Wildman–Crippen LogP) is 11.5. The van der Waals surface area contributed by atoms with E-state index in [1.165, 1.54) is 16.7 Å². The van der Waals surface area contributed by atoms with Gasteiger partial charge < -0.3 is 18.9 Å². The van der Waals surface area contributed by atoms with Crippen LogP contribution in [0.3, 0.4) is 0 Å².